The van der Waals surface area contributed by atoms with Crippen LogP contribution in [-0.4, -0.2) is 49.8 Å². The molecule has 1 fully saturated rings. The fraction of sp³-hybridized carbons (Fsp3) is 0.417. The molecule has 0 radical (unpaired) electrons. The fourth-order valence-electron chi connectivity index (χ4n) is 2.18. The lowest BCUT2D eigenvalue weighted by molar-refractivity contribution is 0.210. The minimum atomic E-state index is -3.69. The maximum absolute atomic E-state index is 12.6. The van der Waals surface area contributed by atoms with Crippen LogP contribution in [0.1, 0.15) is 6.42 Å². The molecule has 6 nitrogen and oxygen atoms in total. The molecule has 9 heteroatoms. The molecule has 1 heterocycles. The van der Waals surface area contributed by atoms with Gasteiger partial charge in [0.2, 0.25) is 10.0 Å². The third kappa shape index (κ3) is 3.79. The highest BCUT2D eigenvalue weighted by atomic mass is 35.5. The van der Waals surface area contributed by atoms with E-state index < -0.39 is 16.1 Å². The summed E-state index contributed by atoms with van der Waals surface area (Å²) in [6, 6.07) is 3.65. The Hall–Kier alpha value is -1.02. The smallest absolute Gasteiger partial charge is 0.314 e. The number of halogens is 2. The number of rotatable bonds is 2. The van der Waals surface area contributed by atoms with Gasteiger partial charge in [-0.3, -0.25) is 0 Å². The van der Waals surface area contributed by atoms with E-state index in [4.69, 9.17) is 28.9 Å². The van der Waals surface area contributed by atoms with Crippen molar-refractivity contribution in [3.8, 4) is 0 Å². The van der Waals surface area contributed by atoms with Crippen molar-refractivity contribution in [3.05, 3.63) is 28.2 Å². The van der Waals surface area contributed by atoms with Crippen molar-refractivity contribution in [1.29, 1.82) is 0 Å². The van der Waals surface area contributed by atoms with Crippen molar-refractivity contribution in [2.75, 3.05) is 26.2 Å². The van der Waals surface area contributed by atoms with Gasteiger partial charge in [0.1, 0.15) is 0 Å². The van der Waals surface area contributed by atoms with Crippen LogP contribution in [-0.2, 0) is 10.0 Å². The molecule has 2 rings (SSSR count). The van der Waals surface area contributed by atoms with Crippen molar-refractivity contribution in [3.63, 3.8) is 0 Å². The zero-order chi connectivity index (χ0) is 15.6. The van der Waals surface area contributed by atoms with Crippen LogP contribution < -0.4 is 5.73 Å². The van der Waals surface area contributed by atoms with Crippen molar-refractivity contribution < 1.29 is 13.2 Å². The molecule has 0 aromatic heterocycles. The number of benzene rings is 1. The van der Waals surface area contributed by atoms with Crippen LogP contribution in [0.5, 0.6) is 0 Å². The summed E-state index contributed by atoms with van der Waals surface area (Å²) in [6.07, 6.45) is 0.524. The fourth-order valence-corrected chi connectivity index (χ4v) is 4.38. The largest absolute Gasteiger partial charge is 0.351 e. The van der Waals surface area contributed by atoms with Gasteiger partial charge in [0, 0.05) is 36.2 Å². The Morgan fingerprint density at radius 3 is 2.24 bits per heavy atom. The summed E-state index contributed by atoms with van der Waals surface area (Å²) in [5.41, 5.74) is 5.23. The third-order valence-electron chi connectivity index (χ3n) is 3.24. The molecule has 1 saturated heterocycles. The summed E-state index contributed by atoms with van der Waals surface area (Å²) < 4.78 is 26.5. The summed E-state index contributed by atoms with van der Waals surface area (Å²) in [5, 5.41) is 0.518. The number of hydrogen-bond donors (Lipinski definition) is 1. The SMILES string of the molecule is NC(=O)N1CCCN(S(=O)(=O)c2cc(Cl)cc(Cl)c2)CC1. The van der Waals surface area contributed by atoms with E-state index in [2.05, 4.69) is 0 Å². The van der Waals surface area contributed by atoms with Gasteiger partial charge in [0.05, 0.1) is 4.90 Å². The number of primary amides is 1. The van der Waals surface area contributed by atoms with Gasteiger partial charge in [-0.25, -0.2) is 13.2 Å². The summed E-state index contributed by atoms with van der Waals surface area (Å²) in [7, 11) is -3.69. The Labute approximate surface area is 133 Å². The molecule has 2 amide bonds. The first-order chi connectivity index (χ1) is 9.80. The first-order valence-corrected chi connectivity index (χ1v) is 8.51. The molecule has 0 saturated carbocycles. The number of sulfonamides is 1. The highest BCUT2D eigenvalue weighted by molar-refractivity contribution is 7.89. The second kappa shape index (κ2) is 6.39. The van der Waals surface area contributed by atoms with Crippen LogP contribution >= 0.6 is 23.2 Å². The molecular formula is C12H15Cl2N3O3S. The number of nitrogens with two attached hydrogens (primary N) is 1. The lowest BCUT2D eigenvalue weighted by Gasteiger charge is -2.21. The summed E-state index contributed by atoms with van der Waals surface area (Å²) in [6.45, 7) is 1.21. The first-order valence-electron chi connectivity index (χ1n) is 6.31. The highest BCUT2D eigenvalue weighted by Gasteiger charge is 2.28. The monoisotopic (exact) mass is 351 g/mol. The van der Waals surface area contributed by atoms with Crippen LogP contribution in [0.15, 0.2) is 23.1 Å². The van der Waals surface area contributed by atoms with E-state index in [1.807, 2.05) is 0 Å². The number of carbonyl (C=O) groups is 1. The summed E-state index contributed by atoms with van der Waals surface area (Å²) >= 11 is 11.7. The van der Waals surface area contributed by atoms with Gasteiger partial charge in [-0.15, -0.1) is 0 Å². The quantitative estimate of drug-likeness (QED) is 0.880. The van der Waals surface area contributed by atoms with Crippen molar-refractivity contribution >= 4 is 39.3 Å². The topological polar surface area (TPSA) is 83.7 Å². The Balaban J connectivity index is 2.25. The van der Waals surface area contributed by atoms with Gasteiger partial charge in [-0.1, -0.05) is 23.2 Å². The average molecular weight is 352 g/mol. The number of nitrogens with zero attached hydrogens (tertiary/aromatic N) is 2. The van der Waals surface area contributed by atoms with Gasteiger partial charge < -0.3 is 10.6 Å². The number of hydrogen-bond acceptors (Lipinski definition) is 3. The van der Waals surface area contributed by atoms with Gasteiger partial charge in [-0.05, 0) is 24.6 Å². The molecule has 1 aliphatic heterocycles. The van der Waals surface area contributed by atoms with Crippen LogP contribution in [0.4, 0.5) is 4.79 Å². The lowest BCUT2D eigenvalue weighted by atomic mass is 10.4. The molecule has 1 aromatic rings. The van der Waals surface area contributed by atoms with E-state index in [0.717, 1.165) is 0 Å². The Bertz CT molecular complexity index is 631. The van der Waals surface area contributed by atoms with E-state index in [0.29, 0.717) is 19.5 Å². The molecule has 0 aliphatic carbocycles. The Morgan fingerprint density at radius 1 is 1.05 bits per heavy atom. The maximum atomic E-state index is 12.6. The predicted molar refractivity (Wildman–Crippen MR) is 81.0 cm³/mol. The first kappa shape index (κ1) is 16.4. The van der Waals surface area contributed by atoms with Crippen LogP contribution in [0, 0.1) is 0 Å². The van der Waals surface area contributed by atoms with E-state index in [1.54, 1.807) is 0 Å². The van der Waals surface area contributed by atoms with Crippen molar-refractivity contribution in [2.24, 2.45) is 5.73 Å². The lowest BCUT2D eigenvalue weighted by Crippen LogP contribution is -2.39. The highest BCUT2D eigenvalue weighted by Crippen LogP contribution is 2.25. The molecule has 1 aliphatic rings. The zero-order valence-electron chi connectivity index (χ0n) is 11.1. The Morgan fingerprint density at radius 2 is 1.67 bits per heavy atom. The maximum Gasteiger partial charge on any atom is 0.314 e. The molecule has 2 N–H and O–H groups in total. The Kier molecular flexibility index (Phi) is 4.98. The van der Waals surface area contributed by atoms with Crippen molar-refractivity contribution in [2.45, 2.75) is 11.3 Å². The molecule has 21 heavy (non-hydrogen) atoms. The van der Waals surface area contributed by atoms with E-state index in [1.165, 1.54) is 27.4 Å². The molecule has 0 unspecified atom stereocenters. The molecule has 116 valence electrons. The zero-order valence-corrected chi connectivity index (χ0v) is 13.5. The minimum Gasteiger partial charge on any atom is -0.351 e. The van der Waals surface area contributed by atoms with Gasteiger partial charge in [0.15, 0.2) is 0 Å². The predicted octanol–water partition coefficient (Wildman–Crippen LogP) is 1.77. The second-order valence-corrected chi connectivity index (χ2v) is 7.50. The molecular weight excluding hydrogens is 337 g/mol. The van der Waals surface area contributed by atoms with Crippen LogP contribution in [0.2, 0.25) is 10.0 Å². The normalized spacial score (nSPS) is 17.5. The average Bonchev–Trinajstić information content (AvgIpc) is 2.63. The third-order valence-corrected chi connectivity index (χ3v) is 5.55. The van der Waals surface area contributed by atoms with E-state index in [9.17, 15) is 13.2 Å². The number of carbonyl (C=O) groups excluding carboxylic acids is 1. The van der Waals surface area contributed by atoms with Gasteiger partial charge in [0.25, 0.3) is 0 Å². The molecule has 0 spiro atoms. The van der Waals surface area contributed by atoms with Crippen LogP contribution in [0.25, 0.3) is 0 Å². The second-order valence-electron chi connectivity index (χ2n) is 4.69. The molecule has 1 aromatic carbocycles. The van der Waals surface area contributed by atoms with E-state index >= 15 is 0 Å². The number of urea groups is 1. The summed E-state index contributed by atoms with van der Waals surface area (Å²) in [4.78, 5) is 12.6. The summed E-state index contributed by atoms with van der Waals surface area (Å²) in [5.74, 6) is 0. The van der Waals surface area contributed by atoms with Gasteiger partial charge >= 0.3 is 6.03 Å². The minimum absolute atomic E-state index is 0.0486. The van der Waals surface area contributed by atoms with Crippen molar-refractivity contribution in [1.82, 2.24) is 9.21 Å². The van der Waals surface area contributed by atoms with Crippen LogP contribution in [0.3, 0.4) is 0 Å². The standard InChI is InChI=1S/C12H15Cl2N3O3S/c13-9-6-10(14)8-11(7-9)21(19,20)17-3-1-2-16(4-5-17)12(15)18/h6-8H,1-5H2,(H2,15,18). The van der Waals surface area contributed by atoms with Gasteiger partial charge in [-0.2, -0.15) is 4.31 Å². The van der Waals surface area contributed by atoms with E-state index in [-0.39, 0.29) is 28.0 Å². The molecule has 0 bridgehead atoms. The molecule has 0 atom stereocenters. The number of amides is 2.